The number of thiocarbonyl (C=S) groups is 1. The van der Waals surface area contributed by atoms with Crippen LogP contribution in [0.5, 0.6) is 0 Å². The first-order valence-electron chi connectivity index (χ1n) is 6.97. The number of nitrogens with zero attached hydrogens (tertiary/aromatic N) is 1. The van der Waals surface area contributed by atoms with E-state index in [-0.39, 0.29) is 5.91 Å². The second kappa shape index (κ2) is 5.07. The molecule has 0 bridgehead atoms. The van der Waals surface area contributed by atoms with Crippen molar-refractivity contribution in [2.24, 2.45) is 17.1 Å². The van der Waals surface area contributed by atoms with Crippen LogP contribution in [0.3, 0.4) is 0 Å². The van der Waals surface area contributed by atoms with Gasteiger partial charge in [0.25, 0.3) is 0 Å². The van der Waals surface area contributed by atoms with Crippen LogP contribution in [0.2, 0.25) is 0 Å². The van der Waals surface area contributed by atoms with Crippen LogP contribution in [0.25, 0.3) is 10.8 Å². The molecule has 1 amide bonds. The third-order valence-corrected chi connectivity index (χ3v) is 4.62. The molecule has 0 unspecified atom stereocenters. The maximum atomic E-state index is 12.7. The number of carbonyl (C=O) groups excluding carboxylic acids is 1. The van der Waals surface area contributed by atoms with Crippen LogP contribution in [0, 0.1) is 11.3 Å². The monoisotopic (exact) mass is 299 g/mol. The van der Waals surface area contributed by atoms with Crippen LogP contribution in [0.4, 0.5) is 5.69 Å². The van der Waals surface area contributed by atoms with Crippen LogP contribution < -0.4 is 11.1 Å². The summed E-state index contributed by atoms with van der Waals surface area (Å²) in [6.45, 7) is 2.10. The molecule has 21 heavy (non-hydrogen) atoms. The molecule has 1 aromatic heterocycles. The Kier molecular flexibility index (Phi) is 3.37. The molecule has 0 radical (unpaired) electrons. The first kappa shape index (κ1) is 13.9. The van der Waals surface area contributed by atoms with Gasteiger partial charge in [0.1, 0.15) is 0 Å². The number of rotatable bonds is 3. The zero-order valence-electron chi connectivity index (χ0n) is 11.8. The minimum absolute atomic E-state index is 0.0996. The number of hydrogen-bond donors (Lipinski definition) is 2. The summed E-state index contributed by atoms with van der Waals surface area (Å²) in [4.78, 5) is 17.0. The van der Waals surface area contributed by atoms with Gasteiger partial charge in [-0.25, -0.2) is 0 Å². The summed E-state index contributed by atoms with van der Waals surface area (Å²) in [6, 6.07) is 7.64. The Labute approximate surface area is 128 Å². The van der Waals surface area contributed by atoms with Gasteiger partial charge in [-0.1, -0.05) is 31.3 Å². The highest BCUT2D eigenvalue weighted by atomic mass is 32.1. The first-order valence-corrected chi connectivity index (χ1v) is 7.38. The van der Waals surface area contributed by atoms with Crippen molar-refractivity contribution in [2.45, 2.75) is 19.8 Å². The first-order chi connectivity index (χ1) is 10.0. The van der Waals surface area contributed by atoms with Crippen molar-refractivity contribution in [3.8, 4) is 0 Å². The lowest BCUT2D eigenvalue weighted by atomic mass is 9.62. The minimum atomic E-state index is -0.691. The summed E-state index contributed by atoms with van der Waals surface area (Å²) in [7, 11) is 0. The number of pyridine rings is 1. The molecule has 1 aromatic carbocycles. The van der Waals surface area contributed by atoms with Crippen LogP contribution in [-0.2, 0) is 4.79 Å². The van der Waals surface area contributed by atoms with Gasteiger partial charge in [-0.2, -0.15) is 0 Å². The molecule has 0 aliphatic heterocycles. The number of hydrogen-bond acceptors (Lipinski definition) is 3. The Hall–Kier alpha value is -2.01. The lowest BCUT2D eigenvalue weighted by Gasteiger charge is -2.44. The fourth-order valence-electron chi connectivity index (χ4n) is 3.10. The molecule has 1 heterocycles. The second-order valence-corrected chi connectivity index (χ2v) is 6.26. The van der Waals surface area contributed by atoms with E-state index >= 15 is 0 Å². The highest BCUT2D eigenvalue weighted by Gasteiger charge is 2.50. The van der Waals surface area contributed by atoms with E-state index in [4.69, 9.17) is 18.0 Å². The maximum absolute atomic E-state index is 12.7. The molecule has 0 spiro atoms. The fraction of sp³-hybridized carbons (Fsp3) is 0.312. The Balaban J connectivity index is 1.92. The molecule has 5 heteroatoms. The Bertz CT molecular complexity index is 717. The Morgan fingerprint density at radius 2 is 2.19 bits per heavy atom. The van der Waals surface area contributed by atoms with Crippen molar-refractivity contribution in [1.82, 2.24) is 4.98 Å². The lowest BCUT2D eigenvalue weighted by molar-refractivity contribution is -0.127. The van der Waals surface area contributed by atoms with E-state index in [1.165, 1.54) is 0 Å². The predicted molar refractivity (Wildman–Crippen MR) is 88.0 cm³/mol. The SMILES string of the molecule is CC1CC(C(=O)Nc2cccc3cnccc23)(C(N)=S)C1. The van der Waals surface area contributed by atoms with Crippen LogP contribution in [0.1, 0.15) is 19.8 Å². The van der Waals surface area contributed by atoms with Gasteiger partial charge in [-0.05, 0) is 30.9 Å². The molecule has 1 fully saturated rings. The number of anilines is 1. The topological polar surface area (TPSA) is 68.0 Å². The van der Waals surface area contributed by atoms with E-state index in [0.717, 1.165) is 29.3 Å². The fourth-order valence-corrected chi connectivity index (χ4v) is 3.36. The largest absolute Gasteiger partial charge is 0.392 e. The van der Waals surface area contributed by atoms with Crippen molar-refractivity contribution in [3.05, 3.63) is 36.7 Å². The van der Waals surface area contributed by atoms with Crippen molar-refractivity contribution in [2.75, 3.05) is 5.32 Å². The van der Waals surface area contributed by atoms with Gasteiger partial charge in [0.2, 0.25) is 5.91 Å². The molecular formula is C16H17N3OS. The molecule has 1 saturated carbocycles. The Morgan fingerprint density at radius 1 is 1.43 bits per heavy atom. The zero-order valence-corrected chi connectivity index (χ0v) is 12.6. The van der Waals surface area contributed by atoms with Crippen LogP contribution in [-0.4, -0.2) is 15.9 Å². The molecular weight excluding hydrogens is 282 g/mol. The quantitative estimate of drug-likeness (QED) is 0.855. The molecule has 108 valence electrons. The molecule has 1 aliphatic rings. The third-order valence-electron chi connectivity index (χ3n) is 4.23. The normalized spacial score (nSPS) is 24.3. The van der Waals surface area contributed by atoms with Crippen molar-refractivity contribution in [3.63, 3.8) is 0 Å². The van der Waals surface area contributed by atoms with Crippen LogP contribution in [0.15, 0.2) is 36.7 Å². The molecule has 1 aliphatic carbocycles. The molecule has 2 aromatic rings. The Morgan fingerprint density at radius 3 is 2.86 bits per heavy atom. The number of benzene rings is 1. The van der Waals surface area contributed by atoms with E-state index in [0.29, 0.717) is 10.9 Å². The van der Waals surface area contributed by atoms with E-state index in [1.807, 2.05) is 24.3 Å². The molecule has 0 atom stereocenters. The van der Waals surface area contributed by atoms with Gasteiger partial charge in [0.15, 0.2) is 0 Å². The molecule has 3 rings (SSSR count). The standard InChI is InChI=1S/C16H17N3OS/c1-10-7-16(8-10,14(17)21)15(20)19-13-4-2-3-11-9-18-6-5-12(11)13/h2-6,9-10H,7-8H2,1H3,(H2,17,21)(H,19,20). The number of nitrogens with two attached hydrogens (primary N) is 1. The van der Waals surface area contributed by atoms with Crippen LogP contribution >= 0.6 is 12.2 Å². The lowest BCUT2D eigenvalue weighted by Crippen LogP contribution is -2.53. The van der Waals surface area contributed by atoms with Crippen molar-refractivity contribution in [1.29, 1.82) is 0 Å². The van der Waals surface area contributed by atoms with Gasteiger partial charge in [-0.3, -0.25) is 9.78 Å². The highest BCUT2D eigenvalue weighted by molar-refractivity contribution is 7.80. The summed E-state index contributed by atoms with van der Waals surface area (Å²) in [5.74, 6) is 0.381. The average Bonchev–Trinajstić information content (AvgIpc) is 2.43. The van der Waals surface area contributed by atoms with Gasteiger partial charge in [0.05, 0.1) is 10.4 Å². The minimum Gasteiger partial charge on any atom is -0.392 e. The highest BCUT2D eigenvalue weighted by Crippen LogP contribution is 2.46. The predicted octanol–water partition coefficient (Wildman–Crippen LogP) is 2.88. The summed E-state index contributed by atoms with van der Waals surface area (Å²) >= 11 is 5.13. The van der Waals surface area contributed by atoms with Gasteiger partial charge in [-0.15, -0.1) is 0 Å². The number of fused-ring (bicyclic) bond motifs is 1. The van der Waals surface area contributed by atoms with E-state index < -0.39 is 5.41 Å². The number of carbonyl (C=O) groups is 1. The van der Waals surface area contributed by atoms with Gasteiger partial charge < -0.3 is 11.1 Å². The number of amides is 1. The van der Waals surface area contributed by atoms with Gasteiger partial charge in [0, 0.05) is 28.9 Å². The molecule has 3 N–H and O–H groups in total. The molecule has 4 nitrogen and oxygen atoms in total. The van der Waals surface area contributed by atoms with E-state index in [1.54, 1.807) is 12.4 Å². The second-order valence-electron chi connectivity index (χ2n) is 5.82. The number of aromatic nitrogens is 1. The number of nitrogens with one attached hydrogen (secondary N) is 1. The van der Waals surface area contributed by atoms with Crippen molar-refractivity contribution < 1.29 is 4.79 Å². The van der Waals surface area contributed by atoms with Crippen molar-refractivity contribution >= 4 is 39.6 Å². The summed E-state index contributed by atoms with van der Waals surface area (Å²) in [5.41, 5.74) is 5.91. The average molecular weight is 299 g/mol. The summed E-state index contributed by atoms with van der Waals surface area (Å²) in [5, 5.41) is 4.95. The third kappa shape index (κ3) is 2.27. The summed E-state index contributed by atoms with van der Waals surface area (Å²) in [6.07, 6.45) is 4.94. The zero-order chi connectivity index (χ0) is 15.0. The van der Waals surface area contributed by atoms with Gasteiger partial charge >= 0.3 is 0 Å². The molecule has 0 saturated heterocycles. The van der Waals surface area contributed by atoms with E-state index in [9.17, 15) is 4.79 Å². The maximum Gasteiger partial charge on any atom is 0.237 e. The summed E-state index contributed by atoms with van der Waals surface area (Å²) < 4.78 is 0. The smallest absolute Gasteiger partial charge is 0.237 e. The van der Waals surface area contributed by atoms with E-state index in [2.05, 4.69) is 17.2 Å².